The Morgan fingerprint density at radius 3 is 2.51 bits per heavy atom. The summed E-state index contributed by atoms with van der Waals surface area (Å²) in [5.41, 5.74) is 7.42. The van der Waals surface area contributed by atoms with Gasteiger partial charge in [-0.3, -0.25) is 0 Å². The topological polar surface area (TPSA) is 87.0 Å². The number of rotatable bonds is 4. The lowest BCUT2D eigenvalue weighted by Crippen LogP contribution is -2.58. The molecule has 0 spiro atoms. The zero-order valence-electron chi connectivity index (χ0n) is 20.8. The number of halogens is 3. The Kier molecular flexibility index (Phi) is 7.28. The predicted molar refractivity (Wildman–Crippen MR) is 143 cm³/mol. The first-order valence-corrected chi connectivity index (χ1v) is 12.9. The van der Waals surface area contributed by atoms with Crippen molar-refractivity contribution in [1.29, 1.82) is 0 Å². The third kappa shape index (κ3) is 5.39. The molecule has 1 aromatic carbocycles. The van der Waals surface area contributed by atoms with Gasteiger partial charge in [0.15, 0.2) is 11.6 Å². The number of hydrogen-bond acceptors (Lipinski definition) is 7. The molecule has 0 bridgehead atoms. The summed E-state index contributed by atoms with van der Waals surface area (Å²) in [7, 11) is 4.07. The molecule has 35 heavy (non-hydrogen) atoms. The number of fused-ring (bicyclic) bond motifs is 1. The van der Waals surface area contributed by atoms with E-state index >= 15 is 4.39 Å². The van der Waals surface area contributed by atoms with Crippen LogP contribution >= 0.6 is 27.5 Å². The fourth-order valence-corrected chi connectivity index (χ4v) is 4.89. The Labute approximate surface area is 219 Å². The van der Waals surface area contributed by atoms with E-state index in [2.05, 4.69) is 36.0 Å². The number of anilines is 3. The number of nitrogens with one attached hydrogen (secondary N) is 1. The van der Waals surface area contributed by atoms with Crippen molar-refractivity contribution in [2.75, 3.05) is 56.2 Å². The monoisotopic (exact) mass is 570 g/mol. The number of piperidine rings is 1. The number of hydrogen-bond donors (Lipinski definition) is 2. The molecular formula is C24H33BrClFN6O2. The Hall–Kier alpha value is -2.04. The molecule has 0 saturated carbocycles. The van der Waals surface area contributed by atoms with E-state index in [9.17, 15) is 4.79 Å². The van der Waals surface area contributed by atoms with Crippen LogP contribution in [0.5, 0.6) is 0 Å². The summed E-state index contributed by atoms with van der Waals surface area (Å²) >= 11 is 9.54. The van der Waals surface area contributed by atoms with Gasteiger partial charge < -0.3 is 30.5 Å². The van der Waals surface area contributed by atoms with Gasteiger partial charge in [0.1, 0.15) is 11.1 Å². The number of likely N-dealkylation sites (N-methyl/N-ethyl adjacent to an activating group) is 1. The highest BCUT2D eigenvalue weighted by Crippen LogP contribution is 2.42. The van der Waals surface area contributed by atoms with Gasteiger partial charge in [-0.05, 0) is 69.7 Å². The van der Waals surface area contributed by atoms with Crippen molar-refractivity contribution in [3.63, 3.8) is 0 Å². The van der Waals surface area contributed by atoms with Crippen LogP contribution in [0.25, 0.3) is 10.9 Å². The molecular weight excluding hydrogens is 539 g/mol. The highest BCUT2D eigenvalue weighted by molar-refractivity contribution is 9.10. The van der Waals surface area contributed by atoms with Crippen LogP contribution in [-0.2, 0) is 4.74 Å². The molecule has 0 atom stereocenters. The van der Waals surface area contributed by atoms with Gasteiger partial charge in [-0.15, -0.1) is 0 Å². The third-order valence-corrected chi connectivity index (χ3v) is 7.82. The molecule has 1 aromatic heterocycles. The Morgan fingerprint density at radius 2 is 1.94 bits per heavy atom. The Balaban J connectivity index is 1.61. The van der Waals surface area contributed by atoms with Gasteiger partial charge >= 0.3 is 6.09 Å². The number of nitrogen functional groups attached to an aromatic ring is 1. The number of ether oxygens (including phenoxy) is 1. The SMILES string of the molecule is CN(C)C1CN(c2nc3c(F)c(Br)c(Cl)cc3c(NC3CCN(C(=O)OC(C)(C)C)CC3)c2N)C1. The molecule has 2 fully saturated rings. The highest BCUT2D eigenvalue weighted by Gasteiger charge is 2.33. The number of aromatic nitrogens is 1. The van der Waals surface area contributed by atoms with E-state index in [1.807, 2.05) is 34.9 Å². The van der Waals surface area contributed by atoms with Gasteiger partial charge in [0.05, 0.1) is 20.9 Å². The maximum absolute atomic E-state index is 15.2. The van der Waals surface area contributed by atoms with E-state index in [1.54, 1.807) is 11.0 Å². The minimum absolute atomic E-state index is 0.0471. The zero-order valence-corrected chi connectivity index (χ0v) is 23.1. The van der Waals surface area contributed by atoms with Crippen LogP contribution in [0.15, 0.2) is 10.5 Å². The van der Waals surface area contributed by atoms with Crippen molar-refractivity contribution in [1.82, 2.24) is 14.8 Å². The van der Waals surface area contributed by atoms with Crippen molar-refractivity contribution in [3.8, 4) is 0 Å². The molecule has 0 aliphatic carbocycles. The molecule has 1 amide bonds. The number of amides is 1. The summed E-state index contributed by atoms with van der Waals surface area (Å²) in [4.78, 5) is 23.0. The maximum atomic E-state index is 15.2. The molecule has 3 heterocycles. The highest BCUT2D eigenvalue weighted by atomic mass is 79.9. The normalized spacial score (nSPS) is 17.7. The molecule has 0 radical (unpaired) electrons. The van der Waals surface area contributed by atoms with Crippen LogP contribution in [0.1, 0.15) is 33.6 Å². The fraction of sp³-hybridized carbons (Fsp3) is 0.583. The van der Waals surface area contributed by atoms with Gasteiger partial charge in [0.2, 0.25) is 0 Å². The number of carbonyl (C=O) groups is 1. The predicted octanol–water partition coefficient (Wildman–Crippen LogP) is 4.93. The number of pyridine rings is 1. The van der Waals surface area contributed by atoms with Gasteiger partial charge in [-0.25, -0.2) is 14.2 Å². The third-order valence-electron chi connectivity index (χ3n) is 6.52. The summed E-state index contributed by atoms with van der Waals surface area (Å²) < 4.78 is 20.9. The van der Waals surface area contributed by atoms with Crippen LogP contribution in [0.2, 0.25) is 5.02 Å². The van der Waals surface area contributed by atoms with Gasteiger partial charge in [-0.2, -0.15) is 0 Å². The van der Waals surface area contributed by atoms with Crippen molar-refractivity contribution < 1.29 is 13.9 Å². The van der Waals surface area contributed by atoms with E-state index < -0.39 is 11.4 Å². The number of nitrogens with two attached hydrogens (primary N) is 1. The maximum Gasteiger partial charge on any atom is 0.410 e. The van der Waals surface area contributed by atoms with Crippen molar-refractivity contribution in [2.24, 2.45) is 0 Å². The van der Waals surface area contributed by atoms with Crippen molar-refractivity contribution in [2.45, 2.75) is 51.3 Å². The van der Waals surface area contributed by atoms with E-state index in [1.165, 1.54) is 0 Å². The summed E-state index contributed by atoms with van der Waals surface area (Å²) in [6.07, 6.45) is 1.10. The van der Waals surface area contributed by atoms with Crippen LogP contribution in [0.3, 0.4) is 0 Å². The first kappa shape index (κ1) is 26.0. The lowest BCUT2D eigenvalue weighted by molar-refractivity contribution is 0.0210. The van der Waals surface area contributed by atoms with Gasteiger partial charge in [0, 0.05) is 43.6 Å². The molecule has 2 aliphatic rings. The van der Waals surface area contributed by atoms with Crippen molar-refractivity contribution >= 4 is 61.7 Å². The lowest BCUT2D eigenvalue weighted by atomic mass is 10.0. The second-order valence-electron chi connectivity index (χ2n) is 10.5. The lowest BCUT2D eigenvalue weighted by Gasteiger charge is -2.44. The largest absolute Gasteiger partial charge is 0.444 e. The first-order chi connectivity index (χ1) is 16.4. The zero-order chi connectivity index (χ0) is 25.7. The smallest absolute Gasteiger partial charge is 0.410 e. The molecule has 11 heteroatoms. The number of benzene rings is 1. The van der Waals surface area contributed by atoms with E-state index in [0.717, 1.165) is 13.1 Å². The average Bonchev–Trinajstić information content (AvgIpc) is 2.73. The van der Waals surface area contributed by atoms with Crippen LogP contribution in [0, 0.1) is 5.82 Å². The molecule has 2 aromatic rings. The van der Waals surface area contributed by atoms with E-state index in [0.29, 0.717) is 54.6 Å². The average molecular weight is 572 g/mol. The molecule has 0 unspecified atom stereocenters. The number of carbonyl (C=O) groups excluding carboxylic acids is 1. The Morgan fingerprint density at radius 1 is 1.31 bits per heavy atom. The van der Waals surface area contributed by atoms with Gasteiger partial charge in [0.25, 0.3) is 0 Å². The minimum atomic E-state index is -0.535. The minimum Gasteiger partial charge on any atom is -0.444 e. The molecule has 2 aliphatic heterocycles. The van der Waals surface area contributed by atoms with Crippen molar-refractivity contribution in [3.05, 3.63) is 21.4 Å². The molecule has 3 N–H and O–H groups in total. The molecule has 8 nitrogen and oxygen atoms in total. The van der Waals surface area contributed by atoms with Crippen LogP contribution in [0.4, 0.5) is 26.4 Å². The second kappa shape index (κ2) is 9.78. The van der Waals surface area contributed by atoms with Crippen LogP contribution < -0.4 is 16.0 Å². The molecule has 4 rings (SSSR count). The van der Waals surface area contributed by atoms with Gasteiger partial charge in [-0.1, -0.05) is 11.6 Å². The number of likely N-dealkylation sites (tertiary alicyclic amines) is 1. The van der Waals surface area contributed by atoms with E-state index in [4.69, 9.17) is 22.1 Å². The molecule has 192 valence electrons. The standard InChI is InChI=1S/C24H33BrClFN6O2/c1-24(2,3)35-23(34)32-8-6-13(7-9-32)29-21-15-10-16(26)17(25)18(27)20(15)30-22(19(21)28)33-11-14(12-33)31(4)5/h10,13-14H,6-9,11-12,28H2,1-5H3,(H,29,30). The summed E-state index contributed by atoms with van der Waals surface area (Å²) in [5, 5.41) is 4.32. The summed E-state index contributed by atoms with van der Waals surface area (Å²) in [6.45, 7) is 8.21. The van der Waals surface area contributed by atoms with E-state index in [-0.39, 0.29) is 27.1 Å². The molecule has 2 saturated heterocycles. The fourth-order valence-electron chi connectivity index (χ4n) is 4.40. The van der Waals surface area contributed by atoms with Crippen LogP contribution in [-0.4, -0.2) is 78.8 Å². The Bertz CT molecular complexity index is 1130. The second-order valence-corrected chi connectivity index (χ2v) is 11.7. The summed E-state index contributed by atoms with van der Waals surface area (Å²) in [6, 6.07) is 2.13. The quantitative estimate of drug-likeness (QED) is 0.503. The number of nitrogens with zero attached hydrogens (tertiary/aromatic N) is 4. The summed E-state index contributed by atoms with van der Waals surface area (Å²) in [5.74, 6) is 0.0543. The first-order valence-electron chi connectivity index (χ1n) is 11.8.